The summed E-state index contributed by atoms with van der Waals surface area (Å²) >= 11 is 5.78. The van der Waals surface area contributed by atoms with E-state index in [1.54, 1.807) is 38.4 Å². The zero-order valence-electron chi connectivity index (χ0n) is 7.49. The van der Waals surface area contributed by atoms with E-state index in [2.05, 4.69) is 6.07 Å². The van der Waals surface area contributed by atoms with Crippen molar-refractivity contribution >= 4 is 23.5 Å². The third-order valence-electron chi connectivity index (χ3n) is 1.48. The van der Waals surface area contributed by atoms with Crippen molar-refractivity contribution in [2.45, 2.75) is 0 Å². The maximum atomic E-state index is 11.4. The molecule has 0 bridgehead atoms. The third kappa shape index (κ3) is 2.36. The van der Waals surface area contributed by atoms with Crippen LogP contribution in [0, 0.1) is 6.07 Å². The van der Waals surface area contributed by atoms with Crippen LogP contribution in [0.4, 0.5) is 10.5 Å². The Hall–Kier alpha value is -1.22. The number of nitrogens with zero attached hydrogens (tertiary/aromatic N) is 2. The molecule has 0 saturated heterocycles. The molecule has 0 unspecified atom stereocenters. The van der Waals surface area contributed by atoms with E-state index in [0.717, 1.165) is 4.42 Å². The van der Waals surface area contributed by atoms with E-state index in [0.29, 0.717) is 5.69 Å². The molecule has 1 rings (SSSR count). The van der Waals surface area contributed by atoms with Crippen molar-refractivity contribution in [3.8, 4) is 0 Å². The molecule has 0 saturated carbocycles. The molecule has 4 heteroatoms. The van der Waals surface area contributed by atoms with Gasteiger partial charge in [0.2, 0.25) is 0 Å². The van der Waals surface area contributed by atoms with Gasteiger partial charge in [0, 0.05) is 25.9 Å². The summed E-state index contributed by atoms with van der Waals surface area (Å²) in [5.74, 6) is 0. The summed E-state index contributed by atoms with van der Waals surface area (Å²) in [6.07, 6.45) is 0. The quantitative estimate of drug-likeness (QED) is 0.633. The number of benzene rings is 1. The molecule has 13 heavy (non-hydrogen) atoms. The molecule has 1 radical (unpaired) electrons. The van der Waals surface area contributed by atoms with Crippen molar-refractivity contribution < 1.29 is 4.79 Å². The SMILES string of the molecule is CN(C)C(=O)N(Cl)c1cc[c]cc1. The van der Waals surface area contributed by atoms with Gasteiger partial charge in [-0.05, 0) is 18.2 Å². The Morgan fingerprint density at radius 2 is 1.92 bits per heavy atom. The van der Waals surface area contributed by atoms with Crippen molar-refractivity contribution in [2.75, 3.05) is 18.5 Å². The molecule has 0 heterocycles. The van der Waals surface area contributed by atoms with Crippen LogP contribution in [0.2, 0.25) is 0 Å². The summed E-state index contributed by atoms with van der Waals surface area (Å²) in [5.41, 5.74) is 0.638. The van der Waals surface area contributed by atoms with Gasteiger partial charge in [0.1, 0.15) is 0 Å². The first-order valence-electron chi connectivity index (χ1n) is 3.76. The van der Waals surface area contributed by atoms with Gasteiger partial charge in [-0.2, -0.15) is 0 Å². The average molecular weight is 198 g/mol. The number of carbonyl (C=O) groups is 1. The average Bonchev–Trinajstić information content (AvgIpc) is 2.17. The largest absolute Gasteiger partial charge is 0.338 e. The minimum Gasteiger partial charge on any atom is -0.329 e. The fraction of sp³-hybridized carbons (Fsp3) is 0.222. The van der Waals surface area contributed by atoms with Gasteiger partial charge in [-0.3, -0.25) is 0 Å². The van der Waals surface area contributed by atoms with E-state index in [-0.39, 0.29) is 6.03 Å². The fourth-order valence-corrected chi connectivity index (χ4v) is 1.06. The summed E-state index contributed by atoms with van der Waals surface area (Å²) in [4.78, 5) is 12.8. The molecule has 0 aliphatic heterocycles. The predicted molar refractivity (Wildman–Crippen MR) is 52.7 cm³/mol. The summed E-state index contributed by atoms with van der Waals surface area (Å²) < 4.78 is 1.06. The second-order valence-electron chi connectivity index (χ2n) is 2.72. The highest BCUT2D eigenvalue weighted by molar-refractivity contribution is 6.36. The van der Waals surface area contributed by atoms with E-state index in [4.69, 9.17) is 11.8 Å². The van der Waals surface area contributed by atoms with Crippen LogP contribution in [0.15, 0.2) is 24.3 Å². The molecule has 2 amide bonds. The Balaban J connectivity index is 2.80. The topological polar surface area (TPSA) is 23.6 Å². The molecule has 1 aromatic rings. The number of hydrogen-bond acceptors (Lipinski definition) is 1. The first-order valence-corrected chi connectivity index (χ1v) is 4.10. The van der Waals surface area contributed by atoms with Gasteiger partial charge in [0.25, 0.3) is 0 Å². The molecule has 0 N–H and O–H groups in total. The molecular formula is C9H10ClN2O. The lowest BCUT2D eigenvalue weighted by Crippen LogP contribution is -2.32. The number of rotatable bonds is 1. The highest BCUT2D eigenvalue weighted by atomic mass is 35.5. The first-order chi connectivity index (χ1) is 6.13. The zero-order chi connectivity index (χ0) is 9.84. The molecule has 0 fully saturated rings. The minimum absolute atomic E-state index is 0.270. The molecule has 0 atom stereocenters. The summed E-state index contributed by atoms with van der Waals surface area (Å²) in [7, 11) is 3.29. The first kappa shape index (κ1) is 9.86. The molecule has 3 nitrogen and oxygen atoms in total. The Labute approximate surface area is 82.6 Å². The van der Waals surface area contributed by atoms with Gasteiger partial charge in [0.05, 0.1) is 5.69 Å². The van der Waals surface area contributed by atoms with Gasteiger partial charge in [-0.25, -0.2) is 9.21 Å². The molecule has 0 spiro atoms. The lowest BCUT2D eigenvalue weighted by atomic mass is 10.3. The van der Waals surface area contributed by atoms with Crippen LogP contribution < -0.4 is 4.42 Å². The molecule has 69 valence electrons. The third-order valence-corrected chi connectivity index (χ3v) is 1.82. The van der Waals surface area contributed by atoms with Crippen LogP contribution in [0.1, 0.15) is 0 Å². The van der Waals surface area contributed by atoms with Gasteiger partial charge < -0.3 is 4.90 Å². The van der Waals surface area contributed by atoms with Crippen molar-refractivity contribution in [3.63, 3.8) is 0 Å². The molecule has 1 aromatic carbocycles. The monoisotopic (exact) mass is 197 g/mol. The van der Waals surface area contributed by atoms with Crippen LogP contribution in [-0.4, -0.2) is 25.0 Å². The van der Waals surface area contributed by atoms with Crippen molar-refractivity contribution in [2.24, 2.45) is 0 Å². The Morgan fingerprint density at radius 1 is 1.38 bits per heavy atom. The van der Waals surface area contributed by atoms with E-state index in [1.165, 1.54) is 4.90 Å². The number of carbonyl (C=O) groups excluding carboxylic acids is 1. The number of anilines is 1. The normalized spacial score (nSPS) is 9.46. The van der Waals surface area contributed by atoms with Crippen molar-refractivity contribution in [1.29, 1.82) is 0 Å². The van der Waals surface area contributed by atoms with Crippen LogP contribution >= 0.6 is 11.8 Å². The summed E-state index contributed by atoms with van der Waals surface area (Å²) in [5, 5.41) is 0. The van der Waals surface area contributed by atoms with Gasteiger partial charge >= 0.3 is 6.03 Å². The van der Waals surface area contributed by atoms with E-state index in [1.807, 2.05) is 0 Å². The Bertz CT molecular complexity index is 287. The molecule has 0 aliphatic carbocycles. The second-order valence-corrected chi connectivity index (χ2v) is 3.05. The van der Waals surface area contributed by atoms with E-state index < -0.39 is 0 Å². The van der Waals surface area contributed by atoms with Gasteiger partial charge in [-0.1, -0.05) is 12.1 Å². The predicted octanol–water partition coefficient (Wildman–Crippen LogP) is 2.13. The maximum absolute atomic E-state index is 11.4. The highest BCUT2D eigenvalue weighted by Gasteiger charge is 2.14. The molecular weight excluding hydrogens is 188 g/mol. The van der Waals surface area contributed by atoms with Crippen molar-refractivity contribution in [3.05, 3.63) is 30.3 Å². The van der Waals surface area contributed by atoms with Crippen LogP contribution in [0.5, 0.6) is 0 Å². The standard InChI is InChI=1S/C9H10ClN2O/c1-11(2)9(13)12(10)8-6-4-3-5-7-8/h4-7H,1-2H3. The van der Waals surface area contributed by atoms with E-state index >= 15 is 0 Å². The van der Waals surface area contributed by atoms with Crippen LogP contribution in [0.25, 0.3) is 0 Å². The Morgan fingerprint density at radius 3 is 2.38 bits per heavy atom. The van der Waals surface area contributed by atoms with E-state index in [9.17, 15) is 4.79 Å². The van der Waals surface area contributed by atoms with Crippen molar-refractivity contribution in [1.82, 2.24) is 4.90 Å². The van der Waals surface area contributed by atoms with Crippen LogP contribution in [0.3, 0.4) is 0 Å². The smallest absolute Gasteiger partial charge is 0.329 e. The Kier molecular flexibility index (Phi) is 3.14. The number of halogens is 1. The summed E-state index contributed by atoms with van der Waals surface area (Å²) in [6, 6.07) is 9.41. The highest BCUT2D eigenvalue weighted by Crippen LogP contribution is 2.16. The number of urea groups is 1. The zero-order valence-corrected chi connectivity index (χ0v) is 8.25. The lowest BCUT2D eigenvalue weighted by molar-refractivity contribution is 0.227. The lowest BCUT2D eigenvalue weighted by Gasteiger charge is -2.18. The fourth-order valence-electron chi connectivity index (χ4n) is 0.795. The molecule has 0 aromatic heterocycles. The number of amides is 2. The van der Waals surface area contributed by atoms with Gasteiger partial charge in [-0.15, -0.1) is 0 Å². The maximum Gasteiger partial charge on any atom is 0.338 e. The number of hydrogen-bond donors (Lipinski definition) is 0. The molecule has 0 aliphatic rings. The second kappa shape index (κ2) is 4.14. The summed E-state index contributed by atoms with van der Waals surface area (Å²) in [6.45, 7) is 0. The van der Waals surface area contributed by atoms with Crippen LogP contribution in [-0.2, 0) is 0 Å². The minimum atomic E-state index is -0.270. The van der Waals surface area contributed by atoms with Gasteiger partial charge in [0.15, 0.2) is 0 Å².